The van der Waals surface area contributed by atoms with E-state index in [1.54, 1.807) is 6.08 Å². The van der Waals surface area contributed by atoms with Crippen molar-refractivity contribution < 1.29 is 24.9 Å². The fourth-order valence-electron chi connectivity index (χ4n) is 4.36. The minimum Gasteiger partial charge on any atom is -0.481 e. The lowest BCUT2D eigenvalue weighted by Gasteiger charge is -2.23. The van der Waals surface area contributed by atoms with Gasteiger partial charge in [0.1, 0.15) is 5.78 Å². The highest BCUT2D eigenvalue weighted by atomic mass is 16.4. The lowest BCUT2D eigenvalue weighted by atomic mass is 9.85. The van der Waals surface area contributed by atoms with Gasteiger partial charge in [-0.3, -0.25) is 9.59 Å². The van der Waals surface area contributed by atoms with Gasteiger partial charge in [0, 0.05) is 24.7 Å². The summed E-state index contributed by atoms with van der Waals surface area (Å²) in [5.41, 5.74) is 0. The smallest absolute Gasteiger partial charge is 0.303 e. The summed E-state index contributed by atoms with van der Waals surface area (Å²) in [5, 5.41) is 29.1. The molecule has 5 heteroatoms. The number of ketones is 1. The summed E-state index contributed by atoms with van der Waals surface area (Å²) in [6.07, 6.45) is 15.3. The molecule has 0 aliphatic heterocycles. The average molecular weight is 379 g/mol. The first-order valence-electron chi connectivity index (χ1n) is 10.4. The molecule has 0 saturated heterocycles. The Morgan fingerprint density at radius 3 is 2.63 bits per heavy atom. The number of hydrogen-bond acceptors (Lipinski definition) is 4. The number of aliphatic carboxylic acids is 1. The van der Waals surface area contributed by atoms with E-state index < -0.39 is 18.2 Å². The van der Waals surface area contributed by atoms with Crippen molar-refractivity contribution in [1.29, 1.82) is 0 Å². The van der Waals surface area contributed by atoms with E-state index >= 15 is 0 Å². The highest BCUT2D eigenvalue weighted by molar-refractivity contribution is 5.84. The molecule has 4 atom stereocenters. The monoisotopic (exact) mass is 378 g/mol. The van der Waals surface area contributed by atoms with Gasteiger partial charge in [0.2, 0.25) is 0 Å². The zero-order valence-electron chi connectivity index (χ0n) is 16.1. The Morgan fingerprint density at radius 2 is 1.93 bits per heavy atom. The molecule has 2 aliphatic rings. The van der Waals surface area contributed by atoms with E-state index in [-0.39, 0.29) is 30.5 Å². The lowest BCUT2D eigenvalue weighted by molar-refractivity contribution is -0.137. The normalized spacial score (nSPS) is 28.4. The number of carbonyl (C=O) groups excluding carboxylic acids is 1. The number of carbonyl (C=O) groups is 2. The molecule has 0 bridgehead atoms. The molecule has 0 amide bonds. The number of unbranched alkanes of at least 4 members (excludes halogenated alkanes) is 1. The molecule has 2 rings (SSSR count). The van der Waals surface area contributed by atoms with Gasteiger partial charge in [-0.2, -0.15) is 0 Å². The zero-order valence-corrected chi connectivity index (χ0v) is 16.1. The molecule has 0 radical (unpaired) electrons. The number of hydrogen-bond donors (Lipinski definition) is 3. The number of carboxylic acid groups (broad SMARTS) is 1. The topological polar surface area (TPSA) is 94.8 Å². The third-order valence-corrected chi connectivity index (χ3v) is 5.91. The van der Waals surface area contributed by atoms with E-state index in [1.807, 2.05) is 18.2 Å². The van der Waals surface area contributed by atoms with E-state index in [0.717, 1.165) is 6.42 Å². The van der Waals surface area contributed by atoms with Gasteiger partial charge in [0.05, 0.1) is 12.2 Å². The van der Waals surface area contributed by atoms with Gasteiger partial charge in [-0.25, -0.2) is 0 Å². The second-order valence-corrected chi connectivity index (χ2v) is 8.11. The largest absolute Gasteiger partial charge is 0.481 e. The summed E-state index contributed by atoms with van der Waals surface area (Å²) >= 11 is 0. The van der Waals surface area contributed by atoms with Crippen LogP contribution in [0.5, 0.6) is 0 Å². The van der Waals surface area contributed by atoms with Crippen molar-refractivity contribution in [3.05, 3.63) is 24.3 Å². The predicted molar refractivity (Wildman–Crippen MR) is 104 cm³/mol. The van der Waals surface area contributed by atoms with Gasteiger partial charge >= 0.3 is 5.97 Å². The first-order chi connectivity index (χ1) is 13.0. The number of aliphatic hydroxyl groups is 2. The molecule has 3 N–H and O–H groups in total. The number of aliphatic hydroxyl groups excluding tert-OH is 2. The molecule has 2 aliphatic carbocycles. The number of Topliss-reactive ketones (excluding diaryl/α,β-unsaturated/α-hetero) is 1. The first-order valence-corrected chi connectivity index (χ1v) is 10.4. The quantitative estimate of drug-likeness (QED) is 0.398. The molecule has 0 aromatic rings. The van der Waals surface area contributed by atoms with Crippen molar-refractivity contribution in [3.63, 3.8) is 0 Å². The van der Waals surface area contributed by atoms with Crippen LogP contribution < -0.4 is 0 Å². The average Bonchev–Trinajstić information content (AvgIpc) is 2.89. The minimum absolute atomic E-state index is 0.0640. The fraction of sp³-hybridized carbons (Fsp3) is 0.727. The van der Waals surface area contributed by atoms with Crippen LogP contribution in [0.25, 0.3) is 0 Å². The molecule has 0 spiro atoms. The molecule has 0 heterocycles. The van der Waals surface area contributed by atoms with Gasteiger partial charge in [-0.05, 0) is 31.6 Å². The molecule has 27 heavy (non-hydrogen) atoms. The lowest BCUT2D eigenvalue weighted by Crippen LogP contribution is -2.19. The van der Waals surface area contributed by atoms with Gasteiger partial charge in [0.15, 0.2) is 0 Å². The predicted octanol–water partition coefficient (Wildman–Crippen LogP) is 3.64. The van der Waals surface area contributed by atoms with Gasteiger partial charge in [0.25, 0.3) is 0 Å². The van der Waals surface area contributed by atoms with Crippen molar-refractivity contribution in [1.82, 2.24) is 0 Å². The Balaban J connectivity index is 1.81. The Morgan fingerprint density at radius 1 is 1.19 bits per heavy atom. The fourth-order valence-corrected chi connectivity index (χ4v) is 4.36. The van der Waals surface area contributed by atoms with Crippen molar-refractivity contribution in [2.75, 3.05) is 0 Å². The van der Waals surface area contributed by atoms with E-state index in [2.05, 4.69) is 0 Å². The Bertz CT molecular complexity index is 533. The molecule has 5 nitrogen and oxygen atoms in total. The van der Waals surface area contributed by atoms with Crippen LogP contribution in [0.2, 0.25) is 0 Å². The second kappa shape index (κ2) is 11.4. The maximum atomic E-state index is 12.2. The third kappa shape index (κ3) is 7.59. The van der Waals surface area contributed by atoms with E-state index in [4.69, 9.17) is 5.11 Å². The van der Waals surface area contributed by atoms with Crippen LogP contribution in [-0.4, -0.2) is 39.3 Å². The van der Waals surface area contributed by atoms with Crippen LogP contribution >= 0.6 is 0 Å². The SMILES string of the molecule is O=C(O)CCC/C=C\C[C@@H]1C(=O)C[C@H](O)[C@@H]1/C=C/[C@@H](O)CC1CCCCC1. The van der Waals surface area contributed by atoms with Crippen LogP contribution in [0, 0.1) is 17.8 Å². The van der Waals surface area contributed by atoms with Gasteiger partial charge < -0.3 is 15.3 Å². The highest BCUT2D eigenvalue weighted by Gasteiger charge is 2.39. The molecule has 2 fully saturated rings. The maximum absolute atomic E-state index is 12.2. The molecule has 0 unspecified atom stereocenters. The zero-order chi connectivity index (χ0) is 19.6. The third-order valence-electron chi connectivity index (χ3n) is 5.91. The first kappa shape index (κ1) is 21.8. The summed E-state index contributed by atoms with van der Waals surface area (Å²) in [6.45, 7) is 0. The van der Waals surface area contributed by atoms with Crippen LogP contribution in [-0.2, 0) is 9.59 Å². The van der Waals surface area contributed by atoms with Crippen molar-refractivity contribution in [3.8, 4) is 0 Å². The Kier molecular flexibility index (Phi) is 9.22. The van der Waals surface area contributed by atoms with Gasteiger partial charge in [-0.15, -0.1) is 0 Å². The maximum Gasteiger partial charge on any atom is 0.303 e. The Labute approximate surface area is 162 Å². The summed E-state index contributed by atoms with van der Waals surface area (Å²) in [5.74, 6) is -0.655. The number of carboxylic acids is 1. The molecular weight excluding hydrogens is 344 g/mol. The number of rotatable bonds is 10. The Hall–Kier alpha value is -1.46. The van der Waals surface area contributed by atoms with Gasteiger partial charge in [-0.1, -0.05) is 56.4 Å². The standard InChI is InChI=1S/C22H34O5/c23-17(14-16-8-4-3-5-9-16)12-13-19-18(20(24)15-21(19)25)10-6-1-2-7-11-22(26)27/h1,6,12-13,16-19,21,23,25H,2-5,7-11,14-15H2,(H,26,27)/b6-1-,13-12+/t17-,18+,19-,21+/m1/s1. The van der Waals surface area contributed by atoms with Crippen LogP contribution in [0.4, 0.5) is 0 Å². The number of allylic oxidation sites excluding steroid dienone is 2. The van der Waals surface area contributed by atoms with E-state index in [1.165, 1.54) is 32.1 Å². The second-order valence-electron chi connectivity index (χ2n) is 8.11. The molecular formula is C22H34O5. The van der Waals surface area contributed by atoms with Crippen LogP contribution in [0.1, 0.15) is 70.6 Å². The van der Waals surface area contributed by atoms with Crippen molar-refractivity contribution in [2.24, 2.45) is 17.8 Å². The van der Waals surface area contributed by atoms with Crippen LogP contribution in [0.15, 0.2) is 24.3 Å². The van der Waals surface area contributed by atoms with Crippen molar-refractivity contribution >= 4 is 11.8 Å². The van der Waals surface area contributed by atoms with E-state index in [9.17, 15) is 19.8 Å². The summed E-state index contributed by atoms with van der Waals surface area (Å²) in [6, 6.07) is 0. The van der Waals surface area contributed by atoms with Crippen LogP contribution in [0.3, 0.4) is 0 Å². The molecule has 0 aromatic carbocycles. The summed E-state index contributed by atoms with van der Waals surface area (Å²) < 4.78 is 0. The van der Waals surface area contributed by atoms with E-state index in [0.29, 0.717) is 25.2 Å². The molecule has 2 saturated carbocycles. The molecule has 152 valence electrons. The highest BCUT2D eigenvalue weighted by Crippen LogP contribution is 2.34. The van der Waals surface area contributed by atoms with Crippen molar-refractivity contribution in [2.45, 2.75) is 82.8 Å². The summed E-state index contributed by atoms with van der Waals surface area (Å²) in [4.78, 5) is 22.7. The minimum atomic E-state index is -0.797. The molecule has 0 aromatic heterocycles. The summed E-state index contributed by atoms with van der Waals surface area (Å²) in [7, 11) is 0.